The van der Waals surface area contributed by atoms with Gasteiger partial charge in [-0.05, 0) is 58.0 Å². The highest BCUT2D eigenvalue weighted by Crippen LogP contribution is 2.48. The van der Waals surface area contributed by atoms with E-state index in [1.807, 2.05) is 0 Å². The number of nitrogens with two attached hydrogens (primary N) is 1. The Hall–Kier alpha value is -0.0800. The maximum absolute atomic E-state index is 5.86. The van der Waals surface area contributed by atoms with Crippen molar-refractivity contribution in [3.63, 3.8) is 0 Å². The number of hydrogen-bond donors (Lipinski definition) is 1. The fourth-order valence-electron chi connectivity index (χ4n) is 2.98. The van der Waals surface area contributed by atoms with Gasteiger partial charge in [-0.2, -0.15) is 0 Å². The lowest BCUT2D eigenvalue weighted by atomic mass is 9.60. The molecule has 2 nitrogen and oxygen atoms in total. The van der Waals surface area contributed by atoms with Crippen LogP contribution in [0.1, 0.15) is 39.5 Å². The molecule has 2 N–H and O–H groups in total. The number of likely N-dealkylation sites (tertiary alicyclic amines) is 1. The van der Waals surface area contributed by atoms with E-state index in [9.17, 15) is 0 Å². The molecule has 1 aliphatic carbocycles. The Morgan fingerprint density at radius 3 is 2.15 bits per heavy atom. The SMILES string of the molecule is CC(C)N1CCC2(CC1)CC(N)C2. The molecular weight excluding hydrogens is 160 g/mol. The summed E-state index contributed by atoms with van der Waals surface area (Å²) in [6.45, 7) is 7.18. The van der Waals surface area contributed by atoms with Crippen molar-refractivity contribution in [1.82, 2.24) is 4.90 Å². The van der Waals surface area contributed by atoms with Gasteiger partial charge in [-0.25, -0.2) is 0 Å². The van der Waals surface area contributed by atoms with Gasteiger partial charge in [-0.3, -0.25) is 0 Å². The van der Waals surface area contributed by atoms with Crippen LogP contribution in [0.2, 0.25) is 0 Å². The molecule has 0 bridgehead atoms. The van der Waals surface area contributed by atoms with Crippen LogP contribution in [0.25, 0.3) is 0 Å². The van der Waals surface area contributed by atoms with E-state index in [0.717, 1.165) is 6.04 Å². The van der Waals surface area contributed by atoms with Crippen LogP contribution in [0.5, 0.6) is 0 Å². The molecule has 1 spiro atoms. The minimum atomic E-state index is 0.519. The van der Waals surface area contributed by atoms with Gasteiger partial charge in [-0.1, -0.05) is 0 Å². The zero-order valence-electron chi connectivity index (χ0n) is 8.92. The molecule has 1 saturated heterocycles. The molecule has 1 heterocycles. The van der Waals surface area contributed by atoms with Gasteiger partial charge in [0.1, 0.15) is 0 Å². The van der Waals surface area contributed by atoms with E-state index in [1.54, 1.807) is 0 Å². The van der Waals surface area contributed by atoms with E-state index in [1.165, 1.54) is 38.8 Å². The lowest BCUT2D eigenvalue weighted by Gasteiger charge is -2.51. The highest BCUT2D eigenvalue weighted by molar-refractivity contribution is 4.99. The van der Waals surface area contributed by atoms with Crippen molar-refractivity contribution < 1.29 is 0 Å². The molecule has 76 valence electrons. The van der Waals surface area contributed by atoms with E-state index in [0.29, 0.717) is 11.5 Å². The first-order chi connectivity index (χ1) is 6.11. The van der Waals surface area contributed by atoms with Crippen molar-refractivity contribution in [1.29, 1.82) is 0 Å². The molecular formula is C11H22N2. The van der Waals surface area contributed by atoms with Crippen LogP contribution in [0.15, 0.2) is 0 Å². The summed E-state index contributed by atoms with van der Waals surface area (Å²) in [6, 6.07) is 1.25. The zero-order valence-corrected chi connectivity index (χ0v) is 8.92. The van der Waals surface area contributed by atoms with Gasteiger partial charge < -0.3 is 10.6 Å². The summed E-state index contributed by atoms with van der Waals surface area (Å²) >= 11 is 0. The van der Waals surface area contributed by atoms with Crippen molar-refractivity contribution >= 4 is 0 Å². The standard InChI is InChI=1S/C11H22N2/c1-9(2)13-5-3-11(4-6-13)7-10(12)8-11/h9-10H,3-8,12H2,1-2H3. The first kappa shape index (κ1) is 9.47. The topological polar surface area (TPSA) is 29.3 Å². The molecule has 0 aromatic heterocycles. The van der Waals surface area contributed by atoms with Crippen molar-refractivity contribution in [2.24, 2.45) is 11.1 Å². The Labute approximate surface area is 81.5 Å². The molecule has 0 aromatic rings. The quantitative estimate of drug-likeness (QED) is 0.667. The highest BCUT2D eigenvalue weighted by atomic mass is 15.2. The molecule has 0 amide bonds. The Morgan fingerprint density at radius 1 is 1.23 bits per heavy atom. The van der Waals surface area contributed by atoms with Gasteiger partial charge >= 0.3 is 0 Å². The molecule has 1 saturated carbocycles. The van der Waals surface area contributed by atoms with Gasteiger partial charge in [0.05, 0.1) is 0 Å². The van der Waals surface area contributed by atoms with Crippen LogP contribution < -0.4 is 5.73 Å². The molecule has 0 atom stereocenters. The van der Waals surface area contributed by atoms with Crippen LogP contribution in [0, 0.1) is 5.41 Å². The first-order valence-corrected chi connectivity index (χ1v) is 5.61. The molecule has 13 heavy (non-hydrogen) atoms. The van der Waals surface area contributed by atoms with Gasteiger partial charge in [0, 0.05) is 12.1 Å². The Balaban J connectivity index is 1.83. The summed E-state index contributed by atoms with van der Waals surface area (Å²) in [6.07, 6.45) is 5.36. The summed E-state index contributed by atoms with van der Waals surface area (Å²) in [5, 5.41) is 0. The van der Waals surface area contributed by atoms with E-state index < -0.39 is 0 Å². The molecule has 1 aliphatic heterocycles. The Bertz CT molecular complexity index is 173. The number of rotatable bonds is 1. The minimum absolute atomic E-state index is 0.519. The zero-order chi connectivity index (χ0) is 9.47. The highest BCUT2D eigenvalue weighted by Gasteiger charge is 2.44. The summed E-state index contributed by atoms with van der Waals surface area (Å²) in [5.41, 5.74) is 6.54. The third kappa shape index (κ3) is 1.75. The minimum Gasteiger partial charge on any atom is -0.328 e. The van der Waals surface area contributed by atoms with E-state index in [-0.39, 0.29) is 0 Å². The summed E-state index contributed by atoms with van der Waals surface area (Å²) < 4.78 is 0. The van der Waals surface area contributed by atoms with Gasteiger partial charge in [0.25, 0.3) is 0 Å². The molecule has 0 radical (unpaired) electrons. The molecule has 0 aromatic carbocycles. The molecule has 2 heteroatoms. The number of piperidine rings is 1. The fourth-order valence-corrected chi connectivity index (χ4v) is 2.98. The van der Waals surface area contributed by atoms with Crippen molar-refractivity contribution in [3.05, 3.63) is 0 Å². The average molecular weight is 182 g/mol. The molecule has 2 rings (SSSR count). The van der Waals surface area contributed by atoms with Gasteiger partial charge in [0.2, 0.25) is 0 Å². The third-order valence-corrected chi connectivity index (χ3v) is 3.98. The summed E-state index contributed by atoms with van der Waals surface area (Å²) in [4.78, 5) is 2.59. The molecule has 2 aliphatic rings. The average Bonchev–Trinajstić information content (AvgIpc) is 2.03. The van der Waals surface area contributed by atoms with Crippen LogP contribution >= 0.6 is 0 Å². The Kier molecular flexibility index (Phi) is 2.37. The lowest BCUT2D eigenvalue weighted by Crippen LogP contribution is -2.53. The lowest BCUT2D eigenvalue weighted by molar-refractivity contribution is 0.00819. The normalized spacial score (nSPS) is 29.5. The van der Waals surface area contributed by atoms with Crippen molar-refractivity contribution in [3.8, 4) is 0 Å². The van der Waals surface area contributed by atoms with Crippen LogP contribution in [0.3, 0.4) is 0 Å². The summed E-state index contributed by atoms with van der Waals surface area (Å²) in [5.74, 6) is 0. The van der Waals surface area contributed by atoms with Crippen molar-refractivity contribution in [2.75, 3.05) is 13.1 Å². The fraction of sp³-hybridized carbons (Fsp3) is 1.00. The van der Waals surface area contributed by atoms with Crippen LogP contribution in [-0.2, 0) is 0 Å². The second kappa shape index (κ2) is 3.25. The maximum atomic E-state index is 5.86. The second-order valence-corrected chi connectivity index (χ2v) is 5.30. The second-order valence-electron chi connectivity index (χ2n) is 5.30. The van der Waals surface area contributed by atoms with Gasteiger partial charge in [-0.15, -0.1) is 0 Å². The third-order valence-electron chi connectivity index (χ3n) is 3.98. The van der Waals surface area contributed by atoms with Gasteiger partial charge in [0.15, 0.2) is 0 Å². The Morgan fingerprint density at radius 2 is 1.77 bits per heavy atom. The summed E-state index contributed by atoms with van der Waals surface area (Å²) in [7, 11) is 0. The molecule has 0 unspecified atom stereocenters. The first-order valence-electron chi connectivity index (χ1n) is 5.61. The number of nitrogens with zero attached hydrogens (tertiary/aromatic N) is 1. The smallest absolute Gasteiger partial charge is 0.00494 e. The predicted octanol–water partition coefficient (Wildman–Crippen LogP) is 1.60. The van der Waals surface area contributed by atoms with Crippen molar-refractivity contribution in [2.45, 2.75) is 51.6 Å². The molecule has 2 fully saturated rings. The van der Waals surface area contributed by atoms with E-state index in [4.69, 9.17) is 5.73 Å². The van der Waals surface area contributed by atoms with E-state index >= 15 is 0 Å². The van der Waals surface area contributed by atoms with Crippen LogP contribution in [-0.4, -0.2) is 30.1 Å². The number of hydrogen-bond acceptors (Lipinski definition) is 2. The largest absolute Gasteiger partial charge is 0.328 e. The van der Waals surface area contributed by atoms with Crippen LogP contribution in [0.4, 0.5) is 0 Å². The monoisotopic (exact) mass is 182 g/mol. The maximum Gasteiger partial charge on any atom is 0.00494 e. The van der Waals surface area contributed by atoms with E-state index in [2.05, 4.69) is 18.7 Å². The predicted molar refractivity (Wildman–Crippen MR) is 55.6 cm³/mol.